The molecule has 2 aromatic heterocycles. The van der Waals surface area contributed by atoms with Crippen LogP contribution in [-0.4, -0.2) is 67.2 Å². The van der Waals surface area contributed by atoms with Gasteiger partial charge >= 0.3 is 0 Å². The lowest BCUT2D eigenvalue weighted by Crippen LogP contribution is -2.48. The van der Waals surface area contributed by atoms with Gasteiger partial charge in [0.25, 0.3) is 5.91 Å². The van der Waals surface area contributed by atoms with Crippen molar-refractivity contribution in [3.8, 4) is 11.5 Å². The van der Waals surface area contributed by atoms with E-state index >= 15 is 0 Å². The van der Waals surface area contributed by atoms with Crippen LogP contribution in [0.15, 0.2) is 48.8 Å². The van der Waals surface area contributed by atoms with E-state index in [-0.39, 0.29) is 17.0 Å². The van der Waals surface area contributed by atoms with Gasteiger partial charge in [-0.3, -0.25) is 14.7 Å². The summed E-state index contributed by atoms with van der Waals surface area (Å²) < 4.78 is 25.2. The fourth-order valence-electron chi connectivity index (χ4n) is 5.08. The Hall–Kier alpha value is -4.51. The second-order valence-electron chi connectivity index (χ2n) is 9.98. The molecule has 0 spiro atoms. The van der Waals surface area contributed by atoms with Crippen molar-refractivity contribution in [2.24, 2.45) is 5.73 Å². The molecule has 0 radical (unpaired) electrons. The predicted molar refractivity (Wildman–Crippen MR) is 156 cm³/mol. The summed E-state index contributed by atoms with van der Waals surface area (Å²) in [6, 6.07) is 10.9. The molecule has 0 saturated carbocycles. The lowest BCUT2D eigenvalue weighted by molar-refractivity contribution is 0.0998. The van der Waals surface area contributed by atoms with Gasteiger partial charge in [-0.15, -0.1) is 0 Å². The number of hydrogen-bond acceptors (Lipinski definition) is 8. The second kappa shape index (κ2) is 11.3. The Kier molecular flexibility index (Phi) is 7.65. The molecule has 10 nitrogen and oxygen atoms in total. The predicted octanol–water partition coefficient (Wildman–Crippen LogP) is 4.84. The first-order chi connectivity index (χ1) is 19.3. The molecule has 1 amide bonds. The first kappa shape index (κ1) is 27.1. The van der Waals surface area contributed by atoms with Gasteiger partial charge in [-0.1, -0.05) is 0 Å². The molecule has 5 N–H and O–H groups in total. The van der Waals surface area contributed by atoms with Crippen LogP contribution in [0.25, 0.3) is 10.9 Å². The highest BCUT2D eigenvalue weighted by atomic mass is 19.1. The first-order valence-corrected chi connectivity index (χ1v) is 13.1. The summed E-state index contributed by atoms with van der Waals surface area (Å²) >= 11 is 0. The molecule has 2 aromatic carbocycles. The number of fused-ring (bicyclic) bond motifs is 1. The molecule has 4 aromatic rings. The minimum Gasteiger partial charge on any atom is -0.496 e. The van der Waals surface area contributed by atoms with Crippen molar-refractivity contribution >= 4 is 45.4 Å². The van der Waals surface area contributed by atoms with E-state index in [2.05, 4.69) is 50.3 Å². The number of nitrogens with one attached hydrogen (secondary N) is 3. The van der Waals surface area contributed by atoms with Crippen LogP contribution >= 0.6 is 0 Å². The highest BCUT2D eigenvalue weighted by Gasteiger charge is 2.21. The number of carbonyl (C=O) groups excluding carboxylic acids is 1. The van der Waals surface area contributed by atoms with Crippen molar-refractivity contribution in [2.45, 2.75) is 19.9 Å². The Morgan fingerprint density at radius 1 is 0.975 bits per heavy atom. The van der Waals surface area contributed by atoms with Gasteiger partial charge in [0.1, 0.15) is 28.7 Å². The van der Waals surface area contributed by atoms with Gasteiger partial charge < -0.3 is 35.7 Å². The van der Waals surface area contributed by atoms with Crippen LogP contribution in [0.5, 0.6) is 11.5 Å². The summed E-state index contributed by atoms with van der Waals surface area (Å²) in [5, 5.41) is 7.27. The Morgan fingerprint density at radius 3 is 2.40 bits per heavy atom. The standard InChI is InChI=1S/C29H34FN7O3/c1-17(2)36-7-9-37(10-8-36)19-5-6-21(25(13-19)39-3)34-27-14-20-23(15-32-16-24(20)35-27)33-22-11-18(30)12-26(40-4)28(22)29(31)38/h5-6,11-17,33-35H,7-10H2,1-4H3,(H2,31,38). The summed E-state index contributed by atoms with van der Waals surface area (Å²) in [7, 11) is 3.01. The lowest BCUT2D eigenvalue weighted by atomic mass is 10.1. The van der Waals surface area contributed by atoms with Crippen molar-refractivity contribution < 1.29 is 18.7 Å². The number of rotatable bonds is 9. The molecular formula is C29H34FN7O3. The third kappa shape index (κ3) is 5.46. The van der Waals surface area contributed by atoms with E-state index < -0.39 is 11.7 Å². The largest absolute Gasteiger partial charge is 0.496 e. The Balaban J connectivity index is 1.40. The third-order valence-corrected chi connectivity index (χ3v) is 7.21. The lowest BCUT2D eigenvalue weighted by Gasteiger charge is -2.38. The van der Waals surface area contributed by atoms with E-state index in [0.29, 0.717) is 17.5 Å². The summed E-state index contributed by atoms with van der Waals surface area (Å²) in [6.45, 7) is 8.46. The zero-order chi connectivity index (χ0) is 28.4. The quantitative estimate of drug-likeness (QED) is 0.235. The van der Waals surface area contributed by atoms with Gasteiger partial charge in [-0.05, 0) is 38.1 Å². The number of H-pyrrole nitrogens is 1. The van der Waals surface area contributed by atoms with Crippen molar-refractivity contribution in [3.63, 3.8) is 0 Å². The third-order valence-electron chi connectivity index (χ3n) is 7.21. The SMILES string of the molecule is COc1cc(N2CCN(C(C)C)CC2)ccc1Nc1cc2c(Nc3cc(F)cc(OC)c3C(N)=O)cncc2[nH]1. The molecule has 3 heterocycles. The molecule has 0 unspecified atom stereocenters. The number of ether oxygens (including phenoxy) is 2. The zero-order valence-corrected chi connectivity index (χ0v) is 23.0. The monoisotopic (exact) mass is 547 g/mol. The van der Waals surface area contributed by atoms with Gasteiger partial charge in [0.2, 0.25) is 0 Å². The Morgan fingerprint density at radius 2 is 1.73 bits per heavy atom. The number of aromatic amines is 1. The van der Waals surface area contributed by atoms with E-state index in [1.807, 2.05) is 18.2 Å². The van der Waals surface area contributed by atoms with Gasteiger partial charge in [-0.25, -0.2) is 4.39 Å². The molecule has 1 aliphatic heterocycles. The van der Waals surface area contributed by atoms with Crippen molar-refractivity contribution in [2.75, 3.05) is 55.9 Å². The van der Waals surface area contributed by atoms with Crippen molar-refractivity contribution in [1.29, 1.82) is 0 Å². The Bertz CT molecular complexity index is 1530. The van der Waals surface area contributed by atoms with Gasteiger partial charge in [-0.2, -0.15) is 0 Å². The van der Waals surface area contributed by atoms with Gasteiger partial charge in [0.05, 0.1) is 49.2 Å². The van der Waals surface area contributed by atoms with E-state index in [1.54, 1.807) is 19.5 Å². The minimum atomic E-state index is -0.742. The summed E-state index contributed by atoms with van der Waals surface area (Å²) in [5.41, 5.74) is 9.00. The number of piperazine rings is 1. The summed E-state index contributed by atoms with van der Waals surface area (Å²) in [5.74, 6) is 0.155. The van der Waals surface area contributed by atoms with E-state index in [1.165, 1.54) is 13.2 Å². The molecule has 1 fully saturated rings. The molecule has 0 bridgehead atoms. The average Bonchev–Trinajstić information content (AvgIpc) is 3.36. The maximum atomic E-state index is 14.3. The topological polar surface area (TPSA) is 121 Å². The van der Waals surface area contributed by atoms with Crippen molar-refractivity contribution in [1.82, 2.24) is 14.9 Å². The molecule has 5 rings (SSSR count). The van der Waals surface area contributed by atoms with Crippen LogP contribution in [0.4, 0.5) is 33.0 Å². The van der Waals surface area contributed by atoms with Gasteiger partial charge in [0, 0.05) is 55.4 Å². The number of benzene rings is 2. The van der Waals surface area contributed by atoms with Crippen LogP contribution in [0.3, 0.4) is 0 Å². The minimum absolute atomic E-state index is 0.0453. The fourth-order valence-corrected chi connectivity index (χ4v) is 5.08. The summed E-state index contributed by atoms with van der Waals surface area (Å²) in [6.07, 6.45) is 3.28. The molecular weight excluding hydrogens is 513 g/mol. The second-order valence-corrected chi connectivity index (χ2v) is 9.98. The molecule has 1 saturated heterocycles. The number of nitrogens with two attached hydrogens (primary N) is 1. The number of carbonyl (C=O) groups is 1. The van der Waals surface area contributed by atoms with Crippen LogP contribution in [0.1, 0.15) is 24.2 Å². The van der Waals surface area contributed by atoms with E-state index in [4.69, 9.17) is 15.2 Å². The average molecular weight is 548 g/mol. The number of halogens is 1. The van der Waals surface area contributed by atoms with Crippen LogP contribution in [0, 0.1) is 5.82 Å². The molecule has 0 aliphatic carbocycles. The van der Waals surface area contributed by atoms with Gasteiger partial charge in [0.15, 0.2) is 0 Å². The number of hydrogen-bond donors (Lipinski definition) is 4. The number of aromatic nitrogens is 2. The summed E-state index contributed by atoms with van der Waals surface area (Å²) in [4.78, 5) is 24.6. The maximum Gasteiger partial charge on any atom is 0.254 e. The first-order valence-electron chi connectivity index (χ1n) is 13.1. The molecule has 1 aliphatic rings. The van der Waals surface area contributed by atoms with Crippen molar-refractivity contribution in [3.05, 3.63) is 60.2 Å². The maximum absolute atomic E-state index is 14.3. The Labute approximate surface area is 232 Å². The zero-order valence-electron chi connectivity index (χ0n) is 23.0. The number of anilines is 5. The fraction of sp³-hybridized carbons (Fsp3) is 0.310. The number of primary amides is 1. The van der Waals surface area contributed by atoms with Crippen LogP contribution in [0.2, 0.25) is 0 Å². The molecule has 0 atom stereocenters. The number of amides is 1. The van der Waals surface area contributed by atoms with Crippen LogP contribution in [-0.2, 0) is 0 Å². The highest BCUT2D eigenvalue weighted by molar-refractivity contribution is 6.04. The normalized spacial score (nSPS) is 14.0. The molecule has 11 heteroatoms. The smallest absolute Gasteiger partial charge is 0.254 e. The molecule has 210 valence electrons. The van der Waals surface area contributed by atoms with E-state index in [0.717, 1.165) is 60.3 Å². The van der Waals surface area contributed by atoms with E-state index in [9.17, 15) is 9.18 Å². The van der Waals surface area contributed by atoms with Crippen LogP contribution < -0.4 is 30.7 Å². The number of nitrogens with zero attached hydrogens (tertiary/aromatic N) is 3. The molecule has 40 heavy (non-hydrogen) atoms. The number of pyridine rings is 1. The highest BCUT2D eigenvalue weighted by Crippen LogP contribution is 2.36. The number of methoxy groups -OCH3 is 2.